The average molecular weight is 660 g/mol. The lowest BCUT2D eigenvalue weighted by molar-refractivity contribution is -0.140. The van der Waals surface area contributed by atoms with Crippen molar-refractivity contribution < 1.29 is 18.0 Å². The summed E-state index contributed by atoms with van der Waals surface area (Å²) in [6.07, 6.45) is 0.241. The van der Waals surface area contributed by atoms with E-state index in [1.807, 2.05) is 89.2 Å². The predicted octanol–water partition coefficient (Wildman–Crippen LogP) is 7.02. The highest BCUT2D eigenvalue weighted by molar-refractivity contribution is 7.92. The Morgan fingerprint density at radius 1 is 0.804 bits per heavy atom. The van der Waals surface area contributed by atoms with Gasteiger partial charge in [-0.15, -0.1) is 0 Å². The van der Waals surface area contributed by atoms with Crippen LogP contribution in [0.1, 0.15) is 48.6 Å². The Kier molecular flexibility index (Phi) is 11.0. The zero-order chi connectivity index (χ0) is 33.6. The first-order valence-electron chi connectivity index (χ1n) is 15.2. The number of halogens is 1. The van der Waals surface area contributed by atoms with Crippen LogP contribution >= 0.6 is 11.6 Å². The van der Waals surface area contributed by atoms with Gasteiger partial charge in [-0.1, -0.05) is 89.5 Å². The van der Waals surface area contributed by atoms with Gasteiger partial charge in [0, 0.05) is 23.5 Å². The summed E-state index contributed by atoms with van der Waals surface area (Å²) >= 11 is 6.25. The molecule has 0 aliphatic heterocycles. The highest BCUT2D eigenvalue weighted by Crippen LogP contribution is 2.30. The number of sulfonamides is 1. The largest absolute Gasteiger partial charge is 0.350 e. The first-order valence-corrected chi connectivity index (χ1v) is 17.0. The third-order valence-corrected chi connectivity index (χ3v) is 9.53. The van der Waals surface area contributed by atoms with Crippen LogP contribution in [0.2, 0.25) is 5.02 Å². The lowest BCUT2D eigenvalue weighted by Crippen LogP contribution is -2.56. The molecule has 0 radical (unpaired) electrons. The van der Waals surface area contributed by atoms with Crippen LogP contribution in [0.25, 0.3) is 0 Å². The topological polar surface area (TPSA) is 86.8 Å². The Labute approximate surface area is 278 Å². The van der Waals surface area contributed by atoms with Gasteiger partial charge in [0.25, 0.3) is 10.0 Å². The molecule has 242 valence electrons. The molecule has 0 heterocycles. The lowest BCUT2D eigenvalue weighted by Gasteiger charge is -2.35. The minimum absolute atomic E-state index is 0.0526. The molecule has 7 nitrogen and oxygen atoms in total. The van der Waals surface area contributed by atoms with Crippen LogP contribution in [0.4, 0.5) is 5.69 Å². The third kappa shape index (κ3) is 8.98. The maximum Gasteiger partial charge on any atom is 0.264 e. The van der Waals surface area contributed by atoms with Crippen molar-refractivity contribution in [1.29, 1.82) is 0 Å². The van der Waals surface area contributed by atoms with Gasteiger partial charge in [0.2, 0.25) is 11.8 Å². The summed E-state index contributed by atoms with van der Waals surface area (Å²) in [5, 5.41) is 3.50. The van der Waals surface area contributed by atoms with Crippen LogP contribution in [0.15, 0.2) is 102 Å². The molecular formula is C37H42ClN3O4S. The van der Waals surface area contributed by atoms with Crippen molar-refractivity contribution in [2.45, 2.75) is 71.0 Å². The Morgan fingerprint density at radius 2 is 1.46 bits per heavy atom. The maximum atomic E-state index is 14.6. The van der Waals surface area contributed by atoms with E-state index >= 15 is 0 Å². The van der Waals surface area contributed by atoms with E-state index in [-0.39, 0.29) is 23.8 Å². The standard InChI is InChI=1S/C37H42ClN3O4S/c1-26-15-18-32(19-16-26)46(44,45)41(33-20-17-31(38)22-28(33)3)25-35(42)40(24-30-14-10-11-27(2)21-30)34(36(43)39-37(4,5)6)23-29-12-8-7-9-13-29/h7-22,34H,23-25H2,1-6H3,(H,39,43). The molecule has 4 aromatic carbocycles. The van der Waals surface area contributed by atoms with E-state index in [4.69, 9.17) is 11.6 Å². The molecule has 0 saturated carbocycles. The van der Waals surface area contributed by atoms with E-state index in [1.165, 1.54) is 17.0 Å². The Balaban J connectivity index is 1.84. The molecule has 1 unspecified atom stereocenters. The zero-order valence-corrected chi connectivity index (χ0v) is 28.8. The number of rotatable bonds is 11. The van der Waals surface area contributed by atoms with E-state index in [0.717, 1.165) is 26.6 Å². The minimum atomic E-state index is -4.21. The van der Waals surface area contributed by atoms with Crippen molar-refractivity contribution in [2.24, 2.45) is 0 Å². The van der Waals surface area contributed by atoms with Crippen molar-refractivity contribution in [2.75, 3.05) is 10.8 Å². The van der Waals surface area contributed by atoms with Gasteiger partial charge in [0.05, 0.1) is 10.6 Å². The van der Waals surface area contributed by atoms with Crippen LogP contribution in [-0.4, -0.2) is 43.3 Å². The van der Waals surface area contributed by atoms with E-state index in [0.29, 0.717) is 16.3 Å². The summed E-state index contributed by atoms with van der Waals surface area (Å²) in [6, 6.07) is 27.7. The van der Waals surface area contributed by atoms with E-state index in [2.05, 4.69) is 5.32 Å². The molecule has 0 aliphatic rings. The van der Waals surface area contributed by atoms with Gasteiger partial charge in [0.15, 0.2) is 0 Å². The summed E-state index contributed by atoms with van der Waals surface area (Å²) in [6.45, 7) is 10.8. The van der Waals surface area contributed by atoms with Crippen LogP contribution in [-0.2, 0) is 32.6 Å². The molecule has 0 aromatic heterocycles. The molecule has 1 N–H and O–H groups in total. The quantitative estimate of drug-likeness (QED) is 0.188. The number of anilines is 1. The molecule has 0 fully saturated rings. The van der Waals surface area contributed by atoms with Crippen molar-refractivity contribution in [3.63, 3.8) is 0 Å². The van der Waals surface area contributed by atoms with Gasteiger partial charge in [0.1, 0.15) is 12.6 Å². The number of benzene rings is 4. The molecule has 0 aliphatic carbocycles. The smallest absolute Gasteiger partial charge is 0.264 e. The normalized spacial score (nSPS) is 12.3. The number of carbonyl (C=O) groups is 2. The molecular weight excluding hydrogens is 618 g/mol. The van der Waals surface area contributed by atoms with Crippen LogP contribution in [0.5, 0.6) is 0 Å². The van der Waals surface area contributed by atoms with Crippen molar-refractivity contribution in [1.82, 2.24) is 10.2 Å². The van der Waals surface area contributed by atoms with Gasteiger partial charge in [-0.2, -0.15) is 0 Å². The second-order valence-corrected chi connectivity index (χ2v) is 15.0. The van der Waals surface area contributed by atoms with Gasteiger partial charge in [-0.05, 0) is 88.6 Å². The summed E-state index contributed by atoms with van der Waals surface area (Å²) in [5.41, 5.74) is 3.96. The monoisotopic (exact) mass is 659 g/mol. The summed E-state index contributed by atoms with van der Waals surface area (Å²) < 4.78 is 29.7. The fourth-order valence-electron chi connectivity index (χ4n) is 5.26. The second-order valence-electron chi connectivity index (χ2n) is 12.7. The molecule has 46 heavy (non-hydrogen) atoms. The number of aryl methyl sites for hydroxylation is 3. The second kappa shape index (κ2) is 14.5. The van der Waals surface area contributed by atoms with E-state index in [9.17, 15) is 18.0 Å². The number of carbonyl (C=O) groups excluding carboxylic acids is 2. The van der Waals surface area contributed by atoms with Crippen LogP contribution in [0.3, 0.4) is 0 Å². The highest BCUT2D eigenvalue weighted by Gasteiger charge is 2.36. The van der Waals surface area contributed by atoms with Gasteiger partial charge < -0.3 is 10.2 Å². The molecule has 1 atom stereocenters. The highest BCUT2D eigenvalue weighted by atomic mass is 35.5. The Hall–Kier alpha value is -4.14. The number of nitrogens with one attached hydrogen (secondary N) is 1. The van der Waals surface area contributed by atoms with Gasteiger partial charge in [-0.3, -0.25) is 13.9 Å². The zero-order valence-electron chi connectivity index (χ0n) is 27.2. The SMILES string of the molecule is Cc1ccc(S(=O)(=O)N(CC(=O)N(Cc2cccc(C)c2)C(Cc2ccccc2)C(=O)NC(C)(C)C)c2ccc(Cl)cc2C)cc1. The van der Waals surface area contributed by atoms with Crippen molar-refractivity contribution in [3.8, 4) is 0 Å². The van der Waals surface area contributed by atoms with Crippen molar-refractivity contribution >= 4 is 39.1 Å². The molecule has 0 spiro atoms. The lowest BCUT2D eigenvalue weighted by atomic mass is 10.0. The number of nitrogens with zero attached hydrogens (tertiary/aromatic N) is 2. The molecule has 0 bridgehead atoms. The van der Waals surface area contributed by atoms with Crippen LogP contribution < -0.4 is 9.62 Å². The summed E-state index contributed by atoms with van der Waals surface area (Å²) in [7, 11) is -4.21. The Bertz CT molecular complexity index is 1790. The van der Waals surface area contributed by atoms with Crippen LogP contribution in [0, 0.1) is 20.8 Å². The fourth-order valence-corrected chi connectivity index (χ4v) is 6.97. The van der Waals surface area contributed by atoms with Gasteiger partial charge in [-0.25, -0.2) is 8.42 Å². The molecule has 2 amide bonds. The average Bonchev–Trinajstić information content (AvgIpc) is 2.98. The number of hydrogen-bond donors (Lipinski definition) is 1. The summed E-state index contributed by atoms with van der Waals surface area (Å²) in [4.78, 5) is 30.2. The predicted molar refractivity (Wildman–Crippen MR) is 185 cm³/mol. The molecule has 9 heteroatoms. The molecule has 4 aromatic rings. The Morgan fingerprint density at radius 3 is 2.07 bits per heavy atom. The minimum Gasteiger partial charge on any atom is -0.350 e. The van der Waals surface area contributed by atoms with Crippen molar-refractivity contribution in [3.05, 3.63) is 130 Å². The number of hydrogen-bond acceptors (Lipinski definition) is 4. The van der Waals surface area contributed by atoms with E-state index in [1.54, 1.807) is 37.3 Å². The fraction of sp³-hybridized carbons (Fsp3) is 0.297. The molecule has 0 saturated heterocycles. The number of amides is 2. The van der Waals surface area contributed by atoms with E-state index < -0.39 is 34.1 Å². The third-order valence-electron chi connectivity index (χ3n) is 7.52. The van der Waals surface area contributed by atoms with Gasteiger partial charge >= 0.3 is 0 Å². The maximum absolute atomic E-state index is 14.6. The molecule has 4 rings (SSSR count). The first-order chi connectivity index (χ1) is 21.6. The summed E-state index contributed by atoms with van der Waals surface area (Å²) in [5.74, 6) is -0.843. The first kappa shape index (κ1) is 34.7.